The normalized spacial score (nSPS) is 16.7. The molecular weight excluding hydrogens is 434 g/mol. The van der Waals surface area contributed by atoms with Gasteiger partial charge in [0.05, 0.1) is 16.3 Å². The number of hydrogen-bond acceptors (Lipinski definition) is 4. The van der Waals surface area contributed by atoms with Crippen molar-refractivity contribution < 1.29 is 9.50 Å². The average Bonchev–Trinajstić information content (AvgIpc) is 2.98. The molecule has 4 nitrogen and oxygen atoms in total. The standard InChI is InChI=1S/C21H22ClFN2O2S.ClH/c22-16-3-6-20-18(11-16)25(21(27)28-20)12-14-7-9-24(10-8-14)13-19(26)15-1-4-17(23)5-2-15;/h1-6,11,14,19,26H,7-10,12-13H2;1H. The molecular formula is C21H23Cl2FN2O2S. The van der Waals surface area contributed by atoms with Gasteiger partial charge in [-0.05, 0) is 67.7 Å². The van der Waals surface area contributed by atoms with Crippen molar-refractivity contribution in [3.63, 3.8) is 0 Å². The second-order valence-corrected chi connectivity index (χ2v) is 8.83. The van der Waals surface area contributed by atoms with Gasteiger partial charge in [-0.15, -0.1) is 12.4 Å². The molecule has 1 aromatic heterocycles. The first-order valence-electron chi connectivity index (χ1n) is 9.44. The Kier molecular flexibility index (Phi) is 7.35. The highest BCUT2D eigenvalue weighted by Crippen LogP contribution is 2.26. The first-order chi connectivity index (χ1) is 13.5. The number of benzene rings is 2. The largest absolute Gasteiger partial charge is 0.387 e. The van der Waals surface area contributed by atoms with Gasteiger partial charge in [-0.2, -0.15) is 0 Å². The van der Waals surface area contributed by atoms with Crippen LogP contribution in [0.5, 0.6) is 0 Å². The number of fused-ring (bicyclic) bond motifs is 1. The lowest BCUT2D eigenvalue weighted by molar-refractivity contribution is 0.0867. The average molecular weight is 457 g/mol. The van der Waals surface area contributed by atoms with E-state index in [-0.39, 0.29) is 23.1 Å². The molecule has 0 spiro atoms. The van der Waals surface area contributed by atoms with Crippen LogP contribution in [0.3, 0.4) is 0 Å². The molecule has 1 N–H and O–H groups in total. The maximum Gasteiger partial charge on any atom is 0.308 e. The van der Waals surface area contributed by atoms with Crippen LogP contribution in [0.1, 0.15) is 24.5 Å². The maximum atomic E-state index is 13.0. The fourth-order valence-corrected chi connectivity index (χ4v) is 4.90. The van der Waals surface area contributed by atoms with Gasteiger partial charge in [0.1, 0.15) is 5.82 Å². The molecule has 4 rings (SSSR count). The molecule has 0 amide bonds. The van der Waals surface area contributed by atoms with E-state index >= 15 is 0 Å². The van der Waals surface area contributed by atoms with Gasteiger partial charge in [-0.25, -0.2) is 4.39 Å². The molecule has 2 aromatic carbocycles. The number of rotatable bonds is 5. The van der Waals surface area contributed by atoms with E-state index in [4.69, 9.17) is 11.6 Å². The molecule has 0 saturated carbocycles. The van der Waals surface area contributed by atoms with Crippen molar-refractivity contribution in [2.45, 2.75) is 25.5 Å². The van der Waals surface area contributed by atoms with Gasteiger partial charge in [-0.1, -0.05) is 35.1 Å². The van der Waals surface area contributed by atoms with Crippen LogP contribution in [0.4, 0.5) is 4.39 Å². The predicted molar refractivity (Wildman–Crippen MR) is 119 cm³/mol. The third-order valence-corrected chi connectivity index (χ3v) is 6.66. The topological polar surface area (TPSA) is 45.5 Å². The molecule has 3 aromatic rings. The number of nitrogens with zero attached hydrogens (tertiary/aromatic N) is 2. The summed E-state index contributed by atoms with van der Waals surface area (Å²) in [4.78, 5) is 14.7. The van der Waals surface area contributed by atoms with Crippen molar-refractivity contribution in [3.05, 3.63) is 68.5 Å². The van der Waals surface area contributed by atoms with Crippen molar-refractivity contribution in [1.29, 1.82) is 0 Å². The Balaban J connectivity index is 0.00000240. The van der Waals surface area contributed by atoms with E-state index in [1.807, 2.05) is 22.8 Å². The fraction of sp³-hybridized carbons (Fsp3) is 0.381. The lowest BCUT2D eigenvalue weighted by Crippen LogP contribution is -2.38. The highest BCUT2D eigenvalue weighted by Gasteiger charge is 2.23. The third-order valence-electron chi connectivity index (χ3n) is 5.46. The van der Waals surface area contributed by atoms with E-state index in [1.165, 1.54) is 23.5 Å². The minimum Gasteiger partial charge on any atom is -0.387 e. The van der Waals surface area contributed by atoms with E-state index in [1.54, 1.807) is 12.1 Å². The summed E-state index contributed by atoms with van der Waals surface area (Å²) >= 11 is 7.37. The zero-order chi connectivity index (χ0) is 19.7. The van der Waals surface area contributed by atoms with Crippen molar-refractivity contribution in [1.82, 2.24) is 9.47 Å². The molecule has 1 fully saturated rings. The summed E-state index contributed by atoms with van der Waals surface area (Å²) in [6.07, 6.45) is 1.32. The van der Waals surface area contributed by atoms with Gasteiger partial charge in [-0.3, -0.25) is 9.36 Å². The van der Waals surface area contributed by atoms with E-state index < -0.39 is 6.10 Å². The lowest BCUT2D eigenvalue weighted by atomic mass is 9.96. The van der Waals surface area contributed by atoms with Crippen LogP contribution in [0.2, 0.25) is 5.02 Å². The molecule has 1 aliphatic heterocycles. The van der Waals surface area contributed by atoms with Crippen LogP contribution < -0.4 is 4.87 Å². The fourth-order valence-electron chi connectivity index (χ4n) is 3.85. The number of halogens is 3. The molecule has 1 saturated heterocycles. The Labute approximate surface area is 183 Å². The molecule has 8 heteroatoms. The number of likely N-dealkylation sites (tertiary alicyclic amines) is 1. The van der Waals surface area contributed by atoms with Gasteiger partial charge in [0, 0.05) is 18.1 Å². The lowest BCUT2D eigenvalue weighted by Gasteiger charge is -2.33. The van der Waals surface area contributed by atoms with Gasteiger partial charge in [0.15, 0.2) is 0 Å². The van der Waals surface area contributed by atoms with Gasteiger partial charge in [0.2, 0.25) is 0 Å². The quantitative estimate of drug-likeness (QED) is 0.603. The van der Waals surface area contributed by atoms with Gasteiger partial charge < -0.3 is 10.0 Å². The molecule has 0 radical (unpaired) electrons. The summed E-state index contributed by atoms with van der Waals surface area (Å²) in [7, 11) is 0. The number of aliphatic hydroxyl groups excluding tert-OH is 1. The minimum atomic E-state index is -0.622. The van der Waals surface area contributed by atoms with Crippen molar-refractivity contribution >= 4 is 45.6 Å². The number of thiazole rings is 1. The zero-order valence-electron chi connectivity index (χ0n) is 15.8. The monoisotopic (exact) mass is 456 g/mol. The molecule has 2 heterocycles. The molecule has 156 valence electrons. The number of aliphatic hydroxyl groups is 1. The summed E-state index contributed by atoms with van der Waals surface area (Å²) in [6.45, 7) is 2.99. The van der Waals surface area contributed by atoms with Crippen molar-refractivity contribution in [3.8, 4) is 0 Å². The molecule has 1 unspecified atom stereocenters. The SMILES string of the molecule is Cl.O=c1sc2ccc(Cl)cc2n1CC1CCN(CC(O)c2ccc(F)cc2)CC1. The van der Waals surface area contributed by atoms with E-state index in [9.17, 15) is 14.3 Å². The third kappa shape index (κ3) is 5.19. The van der Waals surface area contributed by atoms with Crippen molar-refractivity contribution in [2.75, 3.05) is 19.6 Å². The molecule has 0 aliphatic carbocycles. The minimum absolute atomic E-state index is 0. The Morgan fingerprint density at radius 3 is 2.55 bits per heavy atom. The number of piperidine rings is 1. The van der Waals surface area contributed by atoms with E-state index in [2.05, 4.69) is 4.90 Å². The summed E-state index contributed by atoms with van der Waals surface area (Å²) in [5.41, 5.74) is 1.65. The van der Waals surface area contributed by atoms with Gasteiger partial charge in [0.25, 0.3) is 0 Å². The van der Waals surface area contributed by atoms with Gasteiger partial charge >= 0.3 is 4.87 Å². The van der Waals surface area contributed by atoms with E-state index in [0.717, 1.165) is 41.7 Å². The summed E-state index contributed by atoms with van der Waals surface area (Å²) in [5, 5.41) is 11.0. The first kappa shape index (κ1) is 22.2. The van der Waals surface area contributed by atoms with Crippen LogP contribution in [-0.4, -0.2) is 34.2 Å². The van der Waals surface area contributed by atoms with Crippen LogP contribution in [-0.2, 0) is 6.54 Å². The summed E-state index contributed by atoms with van der Waals surface area (Å²) in [6, 6.07) is 11.6. The Morgan fingerprint density at radius 2 is 1.86 bits per heavy atom. The molecule has 29 heavy (non-hydrogen) atoms. The van der Waals surface area contributed by atoms with Crippen LogP contribution >= 0.6 is 35.3 Å². The Bertz CT molecular complexity index is 1010. The predicted octanol–water partition coefficient (Wildman–Crippen LogP) is 4.72. The van der Waals surface area contributed by atoms with Crippen molar-refractivity contribution in [2.24, 2.45) is 5.92 Å². The zero-order valence-corrected chi connectivity index (χ0v) is 18.2. The highest BCUT2D eigenvalue weighted by molar-refractivity contribution is 7.16. The molecule has 0 bridgehead atoms. The molecule has 1 atom stereocenters. The second kappa shape index (κ2) is 9.58. The number of aromatic nitrogens is 1. The number of hydrogen-bond donors (Lipinski definition) is 1. The second-order valence-electron chi connectivity index (χ2n) is 7.40. The van der Waals surface area contributed by atoms with Crippen LogP contribution in [0.15, 0.2) is 47.3 Å². The Hall–Kier alpha value is -1.44. The summed E-state index contributed by atoms with van der Waals surface area (Å²) < 4.78 is 15.8. The maximum absolute atomic E-state index is 13.0. The summed E-state index contributed by atoms with van der Waals surface area (Å²) in [5.74, 6) is 0.128. The first-order valence-corrected chi connectivity index (χ1v) is 10.6. The Morgan fingerprint density at radius 1 is 1.17 bits per heavy atom. The van der Waals surface area contributed by atoms with Crippen LogP contribution in [0, 0.1) is 11.7 Å². The smallest absolute Gasteiger partial charge is 0.308 e. The number of β-amino-alcohol motifs (C(OH)–C–C–N with tert-alkyl or cyclic N) is 1. The van der Waals surface area contributed by atoms with E-state index in [0.29, 0.717) is 24.0 Å². The molecule has 1 aliphatic rings. The van der Waals surface area contributed by atoms with Crippen LogP contribution in [0.25, 0.3) is 10.2 Å². The highest BCUT2D eigenvalue weighted by atomic mass is 35.5.